The monoisotopic (exact) mass is 407 g/mol. The number of amides is 1. The number of rotatable bonds is 6. The van der Waals surface area contributed by atoms with Crippen molar-refractivity contribution in [2.45, 2.75) is 39.5 Å². The SMILES string of the molecule is CC(C)(C)OC(=O)NCc1cccc(CNc2ncc(-c3ccccn3)c(=O)[nH]2)c1. The van der Waals surface area contributed by atoms with Gasteiger partial charge in [0.25, 0.3) is 5.56 Å². The Morgan fingerprint density at radius 3 is 2.50 bits per heavy atom. The molecule has 2 aromatic heterocycles. The van der Waals surface area contributed by atoms with Gasteiger partial charge in [-0.05, 0) is 44.0 Å². The second-order valence-electron chi connectivity index (χ2n) is 7.72. The van der Waals surface area contributed by atoms with Crippen LogP contribution in [0.2, 0.25) is 0 Å². The van der Waals surface area contributed by atoms with E-state index in [2.05, 4.69) is 25.6 Å². The van der Waals surface area contributed by atoms with E-state index in [-0.39, 0.29) is 5.56 Å². The molecule has 8 nitrogen and oxygen atoms in total. The number of aromatic nitrogens is 3. The number of carbonyl (C=O) groups is 1. The molecular formula is C22H25N5O3. The Labute approximate surface area is 174 Å². The topological polar surface area (TPSA) is 109 Å². The molecule has 0 aliphatic rings. The molecule has 30 heavy (non-hydrogen) atoms. The third-order valence-corrected chi connectivity index (χ3v) is 4.03. The number of nitrogens with zero attached hydrogens (tertiary/aromatic N) is 2. The molecular weight excluding hydrogens is 382 g/mol. The zero-order valence-corrected chi connectivity index (χ0v) is 17.2. The molecule has 0 unspecified atom stereocenters. The van der Waals surface area contributed by atoms with E-state index < -0.39 is 11.7 Å². The van der Waals surface area contributed by atoms with Crippen molar-refractivity contribution in [1.82, 2.24) is 20.3 Å². The number of carbonyl (C=O) groups excluding carboxylic acids is 1. The summed E-state index contributed by atoms with van der Waals surface area (Å²) >= 11 is 0. The molecule has 8 heteroatoms. The Morgan fingerprint density at radius 2 is 1.83 bits per heavy atom. The molecule has 0 radical (unpaired) electrons. The summed E-state index contributed by atoms with van der Waals surface area (Å²) in [7, 11) is 0. The first-order chi connectivity index (χ1) is 14.3. The Hall–Kier alpha value is -3.68. The van der Waals surface area contributed by atoms with Gasteiger partial charge in [0.1, 0.15) is 5.60 Å². The van der Waals surface area contributed by atoms with Gasteiger partial charge in [-0.1, -0.05) is 30.3 Å². The van der Waals surface area contributed by atoms with Gasteiger partial charge in [0.2, 0.25) is 5.95 Å². The fraction of sp³-hybridized carbons (Fsp3) is 0.273. The van der Waals surface area contributed by atoms with Crippen molar-refractivity contribution >= 4 is 12.0 Å². The molecule has 2 heterocycles. The lowest BCUT2D eigenvalue weighted by Gasteiger charge is -2.19. The van der Waals surface area contributed by atoms with Crippen LogP contribution in [0.3, 0.4) is 0 Å². The first kappa shape index (κ1) is 21.0. The van der Waals surface area contributed by atoms with E-state index in [1.54, 1.807) is 18.3 Å². The maximum atomic E-state index is 12.3. The van der Waals surface area contributed by atoms with Gasteiger partial charge >= 0.3 is 6.09 Å². The van der Waals surface area contributed by atoms with Crippen molar-refractivity contribution in [2.24, 2.45) is 0 Å². The van der Waals surface area contributed by atoms with Gasteiger partial charge < -0.3 is 15.4 Å². The van der Waals surface area contributed by atoms with Crippen LogP contribution in [0.4, 0.5) is 10.7 Å². The van der Waals surface area contributed by atoms with Gasteiger partial charge in [0.15, 0.2) is 0 Å². The van der Waals surface area contributed by atoms with Crippen molar-refractivity contribution in [3.63, 3.8) is 0 Å². The summed E-state index contributed by atoms with van der Waals surface area (Å²) < 4.78 is 5.24. The number of hydrogen-bond acceptors (Lipinski definition) is 6. The molecule has 1 amide bonds. The van der Waals surface area contributed by atoms with E-state index in [1.807, 2.05) is 51.1 Å². The summed E-state index contributed by atoms with van der Waals surface area (Å²) in [5.41, 5.74) is 2.11. The molecule has 0 bridgehead atoms. The number of ether oxygens (including phenoxy) is 1. The summed E-state index contributed by atoms with van der Waals surface area (Å²) in [6, 6.07) is 13.1. The quantitative estimate of drug-likeness (QED) is 0.577. The summed E-state index contributed by atoms with van der Waals surface area (Å²) in [6.45, 7) is 6.28. The maximum Gasteiger partial charge on any atom is 0.407 e. The molecule has 0 saturated heterocycles. The van der Waals surface area contributed by atoms with Gasteiger partial charge in [0, 0.05) is 25.5 Å². The molecule has 1 aromatic carbocycles. The van der Waals surface area contributed by atoms with E-state index in [9.17, 15) is 9.59 Å². The van der Waals surface area contributed by atoms with Crippen LogP contribution in [0, 0.1) is 0 Å². The molecule has 0 aliphatic heterocycles. The van der Waals surface area contributed by atoms with Gasteiger partial charge in [0.05, 0.1) is 11.3 Å². The predicted octanol–water partition coefficient (Wildman–Crippen LogP) is 3.47. The molecule has 0 aliphatic carbocycles. The van der Waals surface area contributed by atoms with Crippen LogP contribution in [-0.2, 0) is 17.8 Å². The zero-order valence-electron chi connectivity index (χ0n) is 17.2. The summed E-state index contributed by atoms with van der Waals surface area (Å²) in [4.78, 5) is 35.3. The molecule has 3 N–H and O–H groups in total. The average Bonchev–Trinajstić information content (AvgIpc) is 2.70. The van der Waals surface area contributed by atoms with Crippen LogP contribution in [-0.4, -0.2) is 26.6 Å². The summed E-state index contributed by atoms with van der Waals surface area (Å²) in [5, 5.41) is 5.84. The number of alkyl carbamates (subject to hydrolysis) is 1. The van der Waals surface area contributed by atoms with E-state index in [0.29, 0.717) is 30.3 Å². The van der Waals surface area contributed by atoms with Gasteiger partial charge in [-0.25, -0.2) is 9.78 Å². The van der Waals surface area contributed by atoms with Crippen LogP contribution < -0.4 is 16.2 Å². The predicted molar refractivity (Wildman–Crippen MR) is 115 cm³/mol. The van der Waals surface area contributed by atoms with E-state index in [4.69, 9.17) is 4.74 Å². The Bertz CT molecular complexity index is 1060. The minimum Gasteiger partial charge on any atom is -0.444 e. The van der Waals surface area contributed by atoms with Gasteiger partial charge in [-0.15, -0.1) is 0 Å². The minimum absolute atomic E-state index is 0.262. The van der Waals surface area contributed by atoms with Crippen molar-refractivity contribution in [3.05, 3.63) is 76.3 Å². The maximum absolute atomic E-state index is 12.3. The Balaban J connectivity index is 1.59. The number of H-pyrrole nitrogens is 1. The Kier molecular flexibility index (Phi) is 6.46. The number of hydrogen-bond donors (Lipinski definition) is 3. The lowest BCUT2D eigenvalue weighted by Crippen LogP contribution is -2.32. The van der Waals surface area contributed by atoms with Crippen molar-refractivity contribution < 1.29 is 9.53 Å². The van der Waals surface area contributed by atoms with Gasteiger partial charge in [-0.2, -0.15) is 0 Å². The van der Waals surface area contributed by atoms with Crippen molar-refractivity contribution in [1.29, 1.82) is 0 Å². The number of aromatic amines is 1. The van der Waals surface area contributed by atoms with Crippen LogP contribution in [0.25, 0.3) is 11.3 Å². The van der Waals surface area contributed by atoms with Crippen LogP contribution >= 0.6 is 0 Å². The lowest BCUT2D eigenvalue weighted by molar-refractivity contribution is 0.0523. The molecule has 3 aromatic rings. The molecule has 0 fully saturated rings. The van der Waals surface area contributed by atoms with E-state index in [1.165, 1.54) is 6.20 Å². The fourth-order valence-electron chi connectivity index (χ4n) is 2.71. The molecule has 0 saturated carbocycles. The first-order valence-electron chi connectivity index (χ1n) is 9.59. The highest BCUT2D eigenvalue weighted by Gasteiger charge is 2.15. The second kappa shape index (κ2) is 9.21. The highest BCUT2D eigenvalue weighted by atomic mass is 16.6. The largest absolute Gasteiger partial charge is 0.444 e. The summed E-state index contributed by atoms with van der Waals surface area (Å²) in [6.07, 6.45) is 2.68. The molecule has 0 atom stereocenters. The van der Waals surface area contributed by atoms with E-state index >= 15 is 0 Å². The smallest absolute Gasteiger partial charge is 0.407 e. The number of anilines is 1. The normalized spacial score (nSPS) is 11.0. The third kappa shape index (κ3) is 6.16. The Morgan fingerprint density at radius 1 is 1.07 bits per heavy atom. The van der Waals surface area contributed by atoms with Crippen LogP contribution in [0.5, 0.6) is 0 Å². The average molecular weight is 407 g/mol. The van der Waals surface area contributed by atoms with Crippen LogP contribution in [0.1, 0.15) is 31.9 Å². The van der Waals surface area contributed by atoms with Gasteiger partial charge in [-0.3, -0.25) is 14.8 Å². The van der Waals surface area contributed by atoms with Crippen molar-refractivity contribution in [3.8, 4) is 11.3 Å². The zero-order chi connectivity index (χ0) is 21.6. The minimum atomic E-state index is -0.536. The lowest BCUT2D eigenvalue weighted by atomic mass is 10.1. The third-order valence-electron chi connectivity index (χ3n) is 4.03. The number of nitrogens with one attached hydrogen (secondary N) is 3. The standard InChI is InChI=1S/C22H25N5O3/c1-22(2,3)30-21(29)26-13-16-8-6-7-15(11-16)12-24-20-25-14-17(19(28)27-20)18-9-4-5-10-23-18/h4-11,14H,12-13H2,1-3H3,(H,26,29)(H2,24,25,27,28). The highest BCUT2D eigenvalue weighted by Crippen LogP contribution is 2.12. The molecule has 3 rings (SSSR count). The molecule has 156 valence electrons. The van der Waals surface area contributed by atoms with E-state index in [0.717, 1.165) is 11.1 Å². The summed E-state index contributed by atoms with van der Waals surface area (Å²) in [5.74, 6) is 0.372. The second-order valence-corrected chi connectivity index (χ2v) is 7.72. The highest BCUT2D eigenvalue weighted by molar-refractivity contribution is 5.67. The fourth-order valence-corrected chi connectivity index (χ4v) is 2.71. The number of pyridine rings is 1. The van der Waals surface area contributed by atoms with Crippen LogP contribution in [0.15, 0.2) is 59.7 Å². The van der Waals surface area contributed by atoms with Crippen molar-refractivity contribution in [2.75, 3.05) is 5.32 Å². The number of benzene rings is 1. The molecule has 0 spiro atoms. The first-order valence-corrected chi connectivity index (χ1v) is 9.59.